The van der Waals surface area contributed by atoms with Crippen LogP contribution in [-0.2, 0) is 19.4 Å². The molecule has 7 nitrogen and oxygen atoms in total. The zero-order valence-corrected chi connectivity index (χ0v) is 19.1. The number of carbonyl (C=O) groups excluding carboxylic acids is 3. The number of ketones is 1. The molecule has 166 valence electrons. The fraction of sp³-hybridized carbons (Fsp3) is 0.348. The van der Waals surface area contributed by atoms with E-state index in [0.29, 0.717) is 11.3 Å². The van der Waals surface area contributed by atoms with E-state index >= 15 is 0 Å². The van der Waals surface area contributed by atoms with E-state index in [4.69, 9.17) is 4.74 Å². The van der Waals surface area contributed by atoms with E-state index in [-0.39, 0.29) is 22.1 Å². The van der Waals surface area contributed by atoms with Crippen molar-refractivity contribution in [2.45, 2.75) is 45.6 Å². The second kappa shape index (κ2) is 9.43. The van der Waals surface area contributed by atoms with Gasteiger partial charge in [0.1, 0.15) is 0 Å². The van der Waals surface area contributed by atoms with Crippen molar-refractivity contribution in [2.24, 2.45) is 5.41 Å². The highest BCUT2D eigenvalue weighted by Gasteiger charge is 2.26. The van der Waals surface area contributed by atoms with E-state index in [9.17, 15) is 22.8 Å². The van der Waals surface area contributed by atoms with Crippen LogP contribution in [-0.4, -0.2) is 37.9 Å². The number of benzene rings is 2. The SMILES string of the molecule is CCS(=O)(=O)c1ccccc1C(=O)OC(C)C(=O)c1ccc(NC(=O)C(C)(C)C)cc1. The Morgan fingerprint density at radius 3 is 2.13 bits per heavy atom. The number of rotatable bonds is 7. The van der Waals surface area contributed by atoms with E-state index in [0.717, 1.165) is 0 Å². The Balaban J connectivity index is 2.13. The lowest BCUT2D eigenvalue weighted by Gasteiger charge is -2.18. The molecule has 31 heavy (non-hydrogen) atoms. The number of carbonyl (C=O) groups is 3. The van der Waals surface area contributed by atoms with Gasteiger partial charge in [-0.05, 0) is 43.3 Å². The van der Waals surface area contributed by atoms with Crippen LogP contribution in [0.1, 0.15) is 55.3 Å². The first-order chi connectivity index (χ1) is 14.4. The third kappa shape index (κ3) is 6.01. The molecule has 1 amide bonds. The number of ether oxygens (including phenoxy) is 1. The maximum atomic E-state index is 12.7. The van der Waals surface area contributed by atoms with E-state index in [1.165, 1.54) is 50.2 Å². The highest BCUT2D eigenvalue weighted by Crippen LogP contribution is 2.21. The molecular weight excluding hydrogens is 418 g/mol. The number of anilines is 1. The predicted molar refractivity (Wildman–Crippen MR) is 118 cm³/mol. The van der Waals surface area contributed by atoms with Crippen molar-refractivity contribution in [3.63, 3.8) is 0 Å². The third-order valence-electron chi connectivity index (χ3n) is 4.58. The largest absolute Gasteiger partial charge is 0.451 e. The Labute approximate surface area is 182 Å². The smallest absolute Gasteiger partial charge is 0.340 e. The van der Waals surface area contributed by atoms with Crippen molar-refractivity contribution in [1.82, 2.24) is 0 Å². The van der Waals surface area contributed by atoms with Crippen molar-refractivity contribution in [2.75, 3.05) is 11.1 Å². The lowest BCUT2D eigenvalue weighted by molar-refractivity contribution is -0.123. The average molecular weight is 446 g/mol. The van der Waals surface area contributed by atoms with E-state index in [1.54, 1.807) is 32.9 Å². The number of nitrogens with one attached hydrogen (secondary N) is 1. The molecule has 2 aromatic carbocycles. The maximum absolute atomic E-state index is 12.7. The van der Waals surface area contributed by atoms with Gasteiger partial charge in [-0.3, -0.25) is 9.59 Å². The molecule has 0 aliphatic carbocycles. The third-order valence-corrected chi connectivity index (χ3v) is 6.37. The van der Waals surface area contributed by atoms with Gasteiger partial charge in [-0.2, -0.15) is 0 Å². The molecular formula is C23H27NO6S. The van der Waals surface area contributed by atoms with Crippen LogP contribution in [0.3, 0.4) is 0 Å². The van der Waals surface area contributed by atoms with Gasteiger partial charge in [-0.1, -0.05) is 39.8 Å². The van der Waals surface area contributed by atoms with Gasteiger partial charge >= 0.3 is 5.97 Å². The van der Waals surface area contributed by atoms with Crippen LogP contribution in [0, 0.1) is 5.41 Å². The summed E-state index contributed by atoms with van der Waals surface area (Å²) in [4.78, 5) is 37.2. The monoisotopic (exact) mass is 445 g/mol. The Kier molecular flexibility index (Phi) is 7.38. The first-order valence-electron chi connectivity index (χ1n) is 9.85. The van der Waals surface area contributed by atoms with Gasteiger partial charge in [0.25, 0.3) is 0 Å². The minimum Gasteiger partial charge on any atom is -0.451 e. The molecule has 0 heterocycles. The van der Waals surface area contributed by atoms with Crippen molar-refractivity contribution in [3.8, 4) is 0 Å². The van der Waals surface area contributed by atoms with Gasteiger partial charge in [0.2, 0.25) is 11.7 Å². The van der Waals surface area contributed by atoms with Crippen molar-refractivity contribution < 1.29 is 27.5 Å². The van der Waals surface area contributed by atoms with Crippen molar-refractivity contribution >= 4 is 33.2 Å². The van der Waals surface area contributed by atoms with Crippen LogP contribution < -0.4 is 5.32 Å². The van der Waals surface area contributed by atoms with Gasteiger partial charge in [0, 0.05) is 16.7 Å². The summed E-state index contributed by atoms with van der Waals surface area (Å²) in [6, 6.07) is 12.0. The number of hydrogen-bond donors (Lipinski definition) is 1. The number of sulfone groups is 1. The van der Waals surface area contributed by atoms with Crippen LogP contribution in [0.15, 0.2) is 53.4 Å². The minimum atomic E-state index is -3.63. The lowest BCUT2D eigenvalue weighted by atomic mass is 9.95. The second-order valence-electron chi connectivity index (χ2n) is 8.09. The van der Waals surface area contributed by atoms with E-state index in [1.807, 2.05) is 0 Å². The summed E-state index contributed by atoms with van der Waals surface area (Å²) >= 11 is 0. The molecule has 0 bridgehead atoms. The molecule has 8 heteroatoms. The molecule has 1 unspecified atom stereocenters. The van der Waals surface area contributed by atoms with E-state index in [2.05, 4.69) is 5.32 Å². The molecule has 0 radical (unpaired) electrons. The molecule has 2 aromatic rings. The fourth-order valence-electron chi connectivity index (χ4n) is 2.61. The minimum absolute atomic E-state index is 0.107. The number of Topliss-reactive ketones (excluding diaryl/α,β-unsaturated/α-hetero) is 1. The fourth-order valence-corrected chi connectivity index (χ4v) is 3.69. The Morgan fingerprint density at radius 1 is 1.00 bits per heavy atom. The summed E-state index contributed by atoms with van der Waals surface area (Å²) < 4.78 is 29.7. The number of hydrogen-bond acceptors (Lipinski definition) is 6. The van der Waals surface area contributed by atoms with Gasteiger partial charge < -0.3 is 10.1 Å². The van der Waals surface area contributed by atoms with E-state index < -0.39 is 33.1 Å². The van der Waals surface area contributed by atoms with Crippen molar-refractivity contribution in [3.05, 3.63) is 59.7 Å². The highest BCUT2D eigenvalue weighted by molar-refractivity contribution is 7.91. The van der Waals surface area contributed by atoms with Crippen LogP contribution >= 0.6 is 0 Å². The molecule has 1 N–H and O–H groups in total. The lowest BCUT2D eigenvalue weighted by Crippen LogP contribution is -2.27. The molecule has 0 aromatic heterocycles. The molecule has 2 rings (SSSR count). The zero-order valence-electron chi connectivity index (χ0n) is 18.3. The summed E-state index contributed by atoms with van der Waals surface area (Å²) in [5.41, 5.74) is 0.172. The summed E-state index contributed by atoms with van der Waals surface area (Å²) in [7, 11) is -3.63. The predicted octanol–water partition coefficient (Wildman–Crippen LogP) is 3.89. The summed E-state index contributed by atoms with van der Waals surface area (Å²) in [5.74, 6) is -1.65. The van der Waals surface area contributed by atoms with Gasteiger partial charge in [-0.25, -0.2) is 13.2 Å². The number of esters is 1. The Hall–Kier alpha value is -3.00. The average Bonchev–Trinajstić information content (AvgIpc) is 2.73. The normalized spacial score (nSPS) is 12.7. The second-order valence-corrected chi connectivity index (χ2v) is 10.3. The molecule has 1 atom stereocenters. The molecule has 0 aliphatic rings. The first-order valence-corrected chi connectivity index (χ1v) is 11.5. The number of amides is 1. The van der Waals surface area contributed by atoms with Crippen LogP contribution in [0.2, 0.25) is 0 Å². The Bertz CT molecular complexity index is 1080. The first kappa shape index (κ1) is 24.3. The summed E-state index contributed by atoms with van der Waals surface area (Å²) in [6.45, 7) is 8.28. The topological polar surface area (TPSA) is 107 Å². The Morgan fingerprint density at radius 2 is 1.58 bits per heavy atom. The van der Waals surface area contributed by atoms with Crippen LogP contribution in [0.4, 0.5) is 5.69 Å². The molecule has 0 saturated carbocycles. The quantitative estimate of drug-likeness (QED) is 0.512. The molecule has 0 saturated heterocycles. The summed E-state index contributed by atoms with van der Waals surface area (Å²) in [5, 5.41) is 2.76. The van der Waals surface area contributed by atoms with Gasteiger partial charge in [0.15, 0.2) is 15.9 Å². The maximum Gasteiger partial charge on any atom is 0.340 e. The standard InChI is InChI=1S/C23H27NO6S/c1-6-31(28,29)19-10-8-7-9-18(19)21(26)30-15(2)20(25)16-11-13-17(14-12-16)24-22(27)23(3,4)5/h7-15H,6H2,1-5H3,(H,24,27). The van der Waals surface area contributed by atoms with Crippen molar-refractivity contribution in [1.29, 1.82) is 0 Å². The molecule has 0 spiro atoms. The highest BCUT2D eigenvalue weighted by atomic mass is 32.2. The van der Waals surface area contributed by atoms with Crippen LogP contribution in [0.25, 0.3) is 0 Å². The summed E-state index contributed by atoms with van der Waals surface area (Å²) in [6.07, 6.45) is -1.13. The zero-order chi connectivity index (χ0) is 23.4. The van der Waals surface area contributed by atoms with Gasteiger partial charge in [0.05, 0.1) is 16.2 Å². The van der Waals surface area contributed by atoms with Crippen LogP contribution in [0.5, 0.6) is 0 Å². The molecule has 0 fully saturated rings. The van der Waals surface area contributed by atoms with Gasteiger partial charge in [-0.15, -0.1) is 0 Å². The molecule has 0 aliphatic heterocycles.